The number of hydrogen-bond acceptors (Lipinski definition) is 7. The number of thioether (sulfide) groups is 1. The van der Waals surface area contributed by atoms with Gasteiger partial charge >= 0.3 is 6.18 Å². The first-order chi connectivity index (χ1) is 27.2. The van der Waals surface area contributed by atoms with Crippen molar-refractivity contribution in [3.05, 3.63) is 148 Å². The first-order valence-electron chi connectivity index (χ1n) is 16.4. The van der Waals surface area contributed by atoms with Crippen molar-refractivity contribution in [3.8, 4) is 17.2 Å². The zero-order valence-corrected chi connectivity index (χ0v) is 30.7. The van der Waals surface area contributed by atoms with E-state index in [2.05, 4.69) is 10.6 Å². The van der Waals surface area contributed by atoms with Crippen LogP contribution < -0.4 is 30.2 Å². The number of hydrogen-bond donors (Lipinski definition) is 3. The molecule has 1 atom stereocenters. The van der Waals surface area contributed by atoms with E-state index in [1.165, 1.54) is 75.9 Å². The Balaban J connectivity index is 1.41. The van der Waals surface area contributed by atoms with E-state index >= 15 is 0 Å². The van der Waals surface area contributed by atoms with Gasteiger partial charge < -0.3 is 30.2 Å². The molecule has 9 nitrogen and oxygen atoms in total. The number of amides is 3. The molecule has 5 aromatic carbocycles. The molecule has 5 rings (SSSR count). The zero-order valence-electron chi connectivity index (χ0n) is 29.9. The summed E-state index contributed by atoms with van der Waals surface area (Å²) in [5, 5.41) is 5.62. The van der Waals surface area contributed by atoms with Gasteiger partial charge in [-0.15, -0.1) is 11.8 Å². The number of anilines is 2. The van der Waals surface area contributed by atoms with Gasteiger partial charge in [0.25, 0.3) is 11.8 Å². The number of halogens is 7. The van der Waals surface area contributed by atoms with Crippen LogP contribution in [0.1, 0.15) is 32.3 Å². The monoisotopic (exact) mass is 813 g/mol. The van der Waals surface area contributed by atoms with E-state index in [0.717, 1.165) is 11.8 Å². The van der Waals surface area contributed by atoms with Crippen LogP contribution >= 0.6 is 11.8 Å². The molecule has 0 aromatic heterocycles. The molecule has 3 amide bonds. The second-order valence-corrected chi connectivity index (χ2v) is 12.9. The molecule has 0 aliphatic rings. The van der Waals surface area contributed by atoms with Crippen LogP contribution in [0.3, 0.4) is 0 Å². The molecular formula is C40H30F7N3O6S. The quantitative estimate of drug-likeness (QED) is 0.0470. The van der Waals surface area contributed by atoms with Gasteiger partial charge in [0.2, 0.25) is 11.7 Å². The van der Waals surface area contributed by atoms with Crippen molar-refractivity contribution in [2.45, 2.75) is 16.3 Å². The lowest BCUT2D eigenvalue weighted by Gasteiger charge is -2.19. The van der Waals surface area contributed by atoms with Gasteiger partial charge in [0.05, 0.1) is 21.3 Å². The summed E-state index contributed by atoms with van der Waals surface area (Å²) in [5.41, 5.74) is -3.58. The summed E-state index contributed by atoms with van der Waals surface area (Å²) in [6, 6.07) is 24.7. The number of benzene rings is 5. The van der Waals surface area contributed by atoms with E-state index in [1.807, 2.05) is 0 Å². The van der Waals surface area contributed by atoms with Crippen molar-refractivity contribution in [3.63, 3.8) is 0 Å². The van der Waals surface area contributed by atoms with E-state index in [0.29, 0.717) is 16.2 Å². The Morgan fingerprint density at radius 1 is 0.702 bits per heavy atom. The molecule has 0 bridgehead atoms. The highest BCUT2D eigenvalue weighted by Gasteiger charge is 2.43. The molecule has 0 heterocycles. The number of carbonyl (C=O) groups excluding carboxylic acids is 3. The lowest BCUT2D eigenvalue weighted by atomic mass is 10.1. The van der Waals surface area contributed by atoms with Crippen molar-refractivity contribution in [2.75, 3.05) is 32.0 Å². The molecule has 0 aliphatic heterocycles. The van der Waals surface area contributed by atoms with Crippen molar-refractivity contribution in [1.82, 2.24) is 5.32 Å². The highest BCUT2D eigenvalue weighted by molar-refractivity contribution is 8.00. The summed E-state index contributed by atoms with van der Waals surface area (Å²) >= 11 is 0.809. The van der Waals surface area contributed by atoms with Crippen LogP contribution in [0.4, 0.5) is 42.1 Å². The fourth-order valence-electron chi connectivity index (χ4n) is 5.32. The average Bonchev–Trinajstić information content (AvgIpc) is 3.20. The van der Waals surface area contributed by atoms with E-state index in [9.17, 15) is 45.1 Å². The third-order valence-electron chi connectivity index (χ3n) is 8.03. The highest BCUT2D eigenvalue weighted by Crippen LogP contribution is 2.41. The van der Waals surface area contributed by atoms with Gasteiger partial charge in [0, 0.05) is 16.1 Å². The van der Waals surface area contributed by atoms with Crippen molar-refractivity contribution in [2.24, 2.45) is 0 Å². The third kappa shape index (κ3) is 9.67. The van der Waals surface area contributed by atoms with Gasteiger partial charge in [-0.1, -0.05) is 48.5 Å². The number of ether oxygens (including phenoxy) is 3. The van der Waals surface area contributed by atoms with Crippen LogP contribution in [-0.4, -0.2) is 39.1 Å². The molecular weight excluding hydrogens is 784 g/mol. The molecule has 0 radical (unpaired) electrons. The highest BCUT2D eigenvalue weighted by atomic mass is 32.2. The van der Waals surface area contributed by atoms with Crippen molar-refractivity contribution in [1.29, 1.82) is 0 Å². The number of rotatable bonds is 13. The van der Waals surface area contributed by atoms with Crippen LogP contribution in [0.5, 0.6) is 17.2 Å². The Kier molecular flexibility index (Phi) is 13.1. The summed E-state index contributed by atoms with van der Waals surface area (Å²) in [6.07, 6.45) is -4.38. The maximum atomic E-state index is 14.7. The zero-order chi connectivity index (χ0) is 41.4. The van der Waals surface area contributed by atoms with Crippen LogP contribution in [-0.2, 0) is 15.8 Å². The number of methoxy groups -OCH3 is 3. The van der Waals surface area contributed by atoms with Gasteiger partial charge in [-0.25, -0.2) is 17.6 Å². The predicted octanol–water partition coefficient (Wildman–Crippen LogP) is 9.17. The van der Waals surface area contributed by atoms with E-state index in [-0.39, 0.29) is 34.0 Å². The van der Waals surface area contributed by atoms with Gasteiger partial charge in [-0.3, -0.25) is 14.4 Å². The van der Waals surface area contributed by atoms with Crippen LogP contribution in [0, 0.1) is 23.3 Å². The van der Waals surface area contributed by atoms with Gasteiger partial charge in [0.15, 0.2) is 34.8 Å². The molecule has 0 saturated carbocycles. The van der Waals surface area contributed by atoms with Gasteiger partial charge in [0.1, 0.15) is 22.2 Å². The number of alkyl halides is 3. The van der Waals surface area contributed by atoms with Crippen LogP contribution in [0.25, 0.3) is 6.08 Å². The van der Waals surface area contributed by atoms with Gasteiger partial charge in [-0.05, 0) is 65.7 Å². The topological polar surface area (TPSA) is 115 Å². The lowest BCUT2D eigenvalue weighted by molar-refractivity contribution is -0.143. The summed E-state index contributed by atoms with van der Waals surface area (Å²) in [5.74, 6) is -12.0. The minimum Gasteiger partial charge on any atom is -0.493 e. The second-order valence-electron chi connectivity index (χ2n) is 11.7. The SMILES string of the molecule is COc1cc(/C=C(\NC(=O)c2ccccc2)C(=O)Nc2ccc(SC(C(=O)Nc3c(F)c(F)c(C(F)(F)F)c(F)c3F)c3ccccc3)cc2)cc(OC)c1OC. The second kappa shape index (κ2) is 18.0. The summed E-state index contributed by atoms with van der Waals surface area (Å²) in [4.78, 5) is 40.6. The summed E-state index contributed by atoms with van der Waals surface area (Å²) < 4.78 is 114. The third-order valence-corrected chi connectivity index (χ3v) is 9.29. The fourth-order valence-corrected chi connectivity index (χ4v) is 6.35. The fraction of sp³-hybridized carbons (Fsp3) is 0.125. The molecule has 1 unspecified atom stereocenters. The molecule has 57 heavy (non-hydrogen) atoms. The smallest absolute Gasteiger partial charge is 0.422 e. The first-order valence-corrected chi connectivity index (χ1v) is 17.3. The standard InChI is InChI=1S/C40H30F7N3O6S/c1-54-27-19-21(20-28(55-2)35(27)56-3)18-26(49-37(51)23-12-8-5-9-13-23)38(52)48-24-14-16-25(17-15-24)57-36(22-10-6-4-7-11-22)39(53)50-34-32(43)30(41)29(40(45,46)47)31(42)33(34)44/h4-20,36H,1-3H3,(H,48,52)(H,49,51)(H,50,53)/b26-18-. The Morgan fingerprint density at radius 2 is 1.25 bits per heavy atom. The number of nitrogens with one attached hydrogen (secondary N) is 3. The molecule has 296 valence electrons. The van der Waals surface area contributed by atoms with Crippen LogP contribution in [0.2, 0.25) is 0 Å². The Morgan fingerprint density at radius 3 is 1.75 bits per heavy atom. The number of carbonyl (C=O) groups is 3. The molecule has 5 aromatic rings. The van der Waals surface area contributed by atoms with Crippen LogP contribution in [0.15, 0.2) is 108 Å². The summed E-state index contributed by atoms with van der Waals surface area (Å²) in [6.45, 7) is 0. The van der Waals surface area contributed by atoms with E-state index < -0.39 is 63.7 Å². The molecule has 0 aliphatic carbocycles. The predicted molar refractivity (Wildman–Crippen MR) is 198 cm³/mol. The van der Waals surface area contributed by atoms with E-state index in [4.69, 9.17) is 14.2 Å². The van der Waals surface area contributed by atoms with Crippen molar-refractivity contribution >= 4 is 46.9 Å². The maximum Gasteiger partial charge on any atom is 0.422 e. The maximum absolute atomic E-state index is 14.7. The van der Waals surface area contributed by atoms with Crippen molar-refractivity contribution < 1.29 is 59.3 Å². The molecule has 0 saturated heterocycles. The lowest BCUT2D eigenvalue weighted by Crippen LogP contribution is -2.30. The molecule has 3 N–H and O–H groups in total. The average molecular weight is 814 g/mol. The van der Waals surface area contributed by atoms with E-state index in [1.54, 1.807) is 53.8 Å². The summed E-state index contributed by atoms with van der Waals surface area (Å²) in [7, 11) is 4.24. The Hall–Kier alpha value is -6.49. The van der Waals surface area contributed by atoms with Gasteiger partial charge in [-0.2, -0.15) is 13.2 Å². The molecule has 0 spiro atoms. The molecule has 0 fully saturated rings. The Bertz CT molecular complexity index is 2260. The Labute approximate surface area is 324 Å². The largest absolute Gasteiger partial charge is 0.493 e. The normalized spacial score (nSPS) is 12.0. The first kappa shape index (κ1) is 41.7. The minimum atomic E-state index is -5.76. The minimum absolute atomic E-state index is 0.187. The molecule has 17 heteroatoms.